The summed E-state index contributed by atoms with van der Waals surface area (Å²) in [5.41, 5.74) is 0. The first-order valence-corrected chi connectivity index (χ1v) is 4.51. The van der Waals surface area contributed by atoms with Crippen molar-refractivity contribution in [3.8, 4) is 0 Å². The number of unbranched alkanes of at least 4 members (excludes halogenated alkanes) is 2. The van der Waals surface area contributed by atoms with Crippen LogP contribution in [0.25, 0.3) is 0 Å². The molecule has 0 bridgehead atoms. The van der Waals surface area contributed by atoms with Crippen molar-refractivity contribution in [3.05, 3.63) is 0 Å². The molecule has 0 heterocycles. The van der Waals surface area contributed by atoms with Crippen molar-refractivity contribution in [2.45, 2.75) is 32.6 Å². The van der Waals surface area contributed by atoms with Crippen LogP contribution in [-0.4, -0.2) is 17.6 Å². The van der Waals surface area contributed by atoms with Gasteiger partial charge in [-0.3, -0.25) is 0 Å². The zero-order valence-electron chi connectivity index (χ0n) is 6.65. The van der Waals surface area contributed by atoms with Gasteiger partial charge >= 0.3 is 0 Å². The lowest BCUT2D eigenvalue weighted by Gasteiger charge is -2.05. The summed E-state index contributed by atoms with van der Waals surface area (Å²) >= 11 is 5.50. The highest BCUT2D eigenvalue weighted by atomic mass is 35.5. The monoisotopic (exact) mass is 164 g/mol. The minimum atomic E-state index is 0.320. The van der Waals surface area contributed by atoms with Crippen LogP contribution in [-0.2, 0) is 0 Å². The van der Waals surface area contributed by atoms with Crippen LogP contribution >= 0.6 is 11.6 Å². The van der Waals surface area contributed by atoms with Crippen LogP contribution in [0.1, 0.15) is 32.6 Å². The Bertz CT molecular complexity index is 66.3. The number of rotatable bonds is 6. The third kappa shape index (κ3) is 6.37. The third-order valence-electron chi connectivity index (χ3n) is 1.64. The highest BCUT2D eigenvalue weighted by molar-refractivity contribution is 6.17. The summed E-state index contributed by atoms with van der Waals surface area (Å²) in [6.45, 7) is 2.39. The van der Waals surface area contributed by atoms with Crippen molar-refractivity contribution in [2.24, 2.45) is 5.92 Å². The van der Waals surface area contributed by atoms with Gasteiger partial charge in [0, 0.05) is 12.5 Å². The van der Waals surface area contributed by atoms with Crippen molar-refractivity contribution in [1.29, 1.82) is 0 Å². The number of aliphatic hydroxyl groups excluding tert-OH is 1. The van der Waals surface area contributed by atoms with Gasteiger partial charge in [0.2, 0.25) is 0 Å². The van der Waals surface area contributed by atoms with Crippen molar-refractivity contribution in [2.75, 3.05) is 12.5 Å². The van der Waals surface area contributed by atoms with Gasteiger partial charge in [-0.1, -0.05) is 19.8 Å². The Morgan fingerprint density at radius 2 is 2.00 bits per heavy atom. The van der Waals surface area contributed by atoms with Gasteiger partial charge in [-0.25, -0.2) is 0 Å². The first-order valence-electron chi connectivity index (χ1n) is 3.98. The second kappa shape index (κ2) is 7.36. The Balaban J connectivity index is 2.89. The van der Waals surface area contributed by atoms with Gasteiger partial charge in [-0.05, 0) is 18.8 Å². The molecular formula is C8H17ClO. The number of hydrogen-bond donors (Lipinski definition) is 1. The van der Waals surface area contributed by atoms with Crippen LogP contribution in [0.2, 0.25) is 0 Å². The predicted molar refractivity (Wildman–Crippen MR) is 45.4 cm³/mol. The minimum absolute atomic E-state index is 0.320. The van der Waals surface area contributed by atoms with E-state index in [1.165, 1.54) is 12.8 Å². The third-order valence-corrected chi connectivity index (χ3v) is 1.91. The molecule has 1 atom stereocenters. The molecule has 2 heteroatoms. The zero-order chi connectivity index (χ0) is 7.82. The van der Waals surface area contributed by atoms with Crippen LogP contribution in [0.4, 0.5) is 0 Å². The van der Waals surface area contributed by atoms with E-state index in [1.807, 2.05) is 0 Å². The number of alkyl halides is 1. The molecule has 0 radical (unpaired) electrons. The number of hydrogen-bond acceptors (Lipinski definition) is 1. The van der Waals surface area contributed by atoms with Gasteiger partial charge in [-0.2, -0.15) is 0 Å². The Morgan fingerprint density at radius 1 is 1.30 bits per heavy atom. The van der Waals surface area contributed by atoms with Crippen molar-refractivity contribution >= 4 is 11.6 Å². The summed E-state index contributed by atoms with van der Waals surface area (Å²) in [4.78, 5) is 0. The van der Waals surface area contributed by atoms with Crippen LogP contribution in [0.5, 0.6) is 0 Å². The quantitative estimate of drug-likeness (QED) is 0.472. The molecule has 0 aliphatic carbocycles. The molecule has 0 fully saturated rings. The molecule has 0 aliphatic heterocycles. The van der Waals surface area contributed by atoms with Gasteiger partial charge in [0.25, 0.3) is 0 Å². The van der Waals surface area contributed by atoms with Crippen LogP contribution in [0.3, 0.4) is 0 Å². The largest absolute Gasteiger partial charge is 0.396 e. The van der Waals surface area contributed by atoms with Gasteiger partial charge in [0.05, 0.1) is 0 Å². The Morgan fingerprint density at radius 3 is 2.50 bits per heavy atom. The standard InChI is InChI=1S/C8H17ClO/c1-8(7-10)5-3-2-4-6-9/h8,10H,2-7H2,1H3/t8-/m0/s1. The second-order valence-electron chi connectivity index (χ2n) is 2.83. The van der Waals surface area contributed by atoms with E-state index < -0.39 is 0 Å². The second-order valence-corrected chi connectivity index (χ2v) is 3.20. The van der Waals surface area contributed by atoms with E-state index in [0.29, 0.717) is 12.5 Å². The fourth-order valence-electron chi connectivity index (χ4n) is 0.855. The SMILES string of the molecule is C[C@H](CO)CCCCCCl. The van der Waals surface area contributed by atoms with Crippen LogP contribution in [0, 0.1) is 5.92 Å². The molecule has 0 aromatic rings. The van der Waals surface area contributed by atoms with Crippen molar-refractivity contribution in [1.82, 2.24) is 0 Å². The molecule has 0 aromatic carbocycles. The van der Waals surface area contributed by atoms with E-state index in [1.54, 1.807) is 0 Å². The van der Waals surface area contributed by atoms with E-state index in [0.717, 1.165) is 18.7 Å². The maximum atomic E-state index is 8.67. The Hall–Kier alpha value is 0.250. The summed E-state index contributed by atoms with van der Waals surface area (Å²) in [5, 5.41) is 8.67. The molecule has 0 aromatic heterocycles. The van der Waals surface area contributed by atoms with E-state index in [4.69, 9.17) is 16.7 Å². The lowest BCUT2D eigenvalue weighted by Crippen LogP contribution is -1.99. The van der Waals surface area contributed by atoms with E-state index in [9.17, 15) is 0 Å². The molecule has 1 N–H and O–H groups in total. The summed E-state index contributed by atoms with van der Waals surface area (Å²) in [6, 6.07) is 0. The van der Waals surface area contributed by atoms with Gasteiger partial charge in [-0.15, -0.1) is 11.6 Å². The minimum Gasteiger partial charge on any atom is -0.396 e. The number of halogens is 1. The molecule has 0 aliphatic rings. The number of aliphatic hydroxyl groups is 1. The highest BCUT2D eigenvalue weighted by Gasteiger charge is 1.97. The summed E-state index contributed by atoms with van der Waals surface area (Å²) in [7, 11) is 0. The van der Waals surface area contributed by atoms with Gasteiger partial charge in [0.1, 0.15) is 0 Å². The molecule has 0 rings (SSSR count). The topological polar surface area (TPSA) is 20.2 Å². The summed E-state index contributed by atoms with van der Waals surface area (Å²) in [6.07, 6.45) is 4.65. The average molecular weight is 165 g/mol. The normalized spacial score (nSPS) is 13.5. The Labute approximate surface area is 68.4 Å². The predicted octanol–water partition coefficient (Wildman–Crippen LogP) is 2.41. The lowest BCUT2D eigenvalue weighted by atomic mass is 10.0. The average Bonchev–Trinajstić information content (AvgIpc) is 1.98. The highest BCUT2D eigenvalue weighted by Crippen LogP contribution is 2.08. The molecule has 0 spiro atoms. The van der Waals surface area contributed by atoms with E-state index >= 15 is 0 Å². The molecule has 62 valence electrons. The lowest BCUT2D eigenvalue weighted by molar-refractivity contribution is 0.227. The van der Waals surface area contributed by atoms with Crippen LogP contribution in [0.15, 0.2) is 0 Å². The molecule has 0 saturated heterocycles. The first kappa shape index (κ1) is 10.2. The molecule has 10 heavy (non-hydrogen) atoms. The smallest absolute Gasteiger partial charge is 0.0456 e. The molecule has 0 amide bonds. The van der Waals surface area contributed by atoms with Crippen LogP contribution < -0.4 is 0 Å². The van der Waals surface area contributed by atoms with Crippen molar-refractivity contribution in [3.63, 3.8) is 0 Å². The molecule has 0 unspecified atom stereocenters. The molecule has 1 nitrogen and oxygen atoms in total. The van der Waals surface area contributed by atoms with Gasteiger partial charge in [0.15, 0.2) is 0 Å². The summed E-state index contributed by atoms with van der Waals surface area (Å²) in [5.74, 6) is 1.24. The van der Waals surface area contributed by atoms with E-state index in [2.05, 4.69) is 6.92 Å². The summed E-state index contributed by atoms with van der Waals surface area (Å²) < 4.78 is 0. The maximum absolute atomic E-state index is 8.67. The Kier molecular flexibility index (Phi) is 7.54. The zero-order valence-corrected chi connectivity index (χ0v) is 7.40. The molecule has 0 saturated carbocycles. The van der Waals surface area contributed by atoms with Gasteiger partial charge < -0.3 is 5.11 Å². The fraction of sp³-hybridized carbons (Fsp3) is 1.00. The molecular weight excluding hydrogens is 148 g/mol. The van der Waals surface area contributed by atoms with E-state index in [-0.39, 0.29) is 0 Å². The first-order chi connectivity index (χ1) is 4.81. The fourth-order valence-corrected chi connectivity index (χ4v) is 1.04. The maximum Gasteiger partial charge on any atom is 0.0456 e. The van der Waals surface area contributed by atoms with Crippen molar-refractivity contribution < 1.29 is 5.11 Å².